The summed E-state index contributed by atoms with van der Waals surface area (Å²) in [6.07, 6.45) is 0.978. The van der Waals surface area contributed by atoms with Crippen LogP contribution >= 0.6 is 11.8 Å². The van der Waals surface area contributed by atoms with E-state index < -0.39 is 35.9 Å². The Hall–Kier alpha value is -4.75. The number of nitrogens with zero attached hydrogens (tertiary/aromatic N) is 2. The van der Waals surface area contributed by atoms with Crippen molar-refractivity contribution in [2.45, 2.75) is 58.3 Å². The number of carbonyl (C=O) groups excluding carboxylic acids is 5. The van der Waals surface area contributed by atoms with Crippen molar-refractivity contribution in [3.8, 4) is 0 Å². The van der Waals surface area contributed by atoms with Crippen molar-refractivity contribution in [2.24, 2.45) is 0 Å². The molecule has 3 atom stereocenters. The highest BCUT2D eigenvalue weighted by Crippen LogP contribution is 2.31. The number of imide groups is 1. The molecule has 13 heteroatoms. The topological polar surface area (TPSA) is 171 Å². The molecule has 4 N–H and O–H groups in total. The van der Waals surface area contributed by atoms with Gasteiger partial charge in [0.25, 0.3) is 17.1 Å². The third kappa shape index (κ3) is 8.89. The zero-order chi connectivity index (χ0) is 32.7. The van der Waals surface area contributed by atoms with E-state index >= 15 is 0 Å². The molecule has 5 amide bonds. The predicted molar refractivity (Wildman–Crippen MR) is 168 cm³/mol. The van der Waals surface area contributed by atoms with Crippen LogP contribution in [0.4, 0.5) is 4.79 Å². The van der Waals surface area contributed by atoms with Crippen LogP contribution in [0.2, 0.25) is 0 Å². The lowest BCUT2D eigenvalue weighted by molar-refractivity contribution is -0.131. The minimum Gasteiger partial charge on any atom is -0.391 e. The Morgan fingerprint density at radius 1 is 1.00 bits per heavy atom. The van der Waals surface area contributed by atoms with Gasteiger partial charge in [-0.3, -0.25) is 28.9 Å². The second-order valence-electron chi connectivity index (χ2n) is 10.8. The maximum atomic E-state index is 13.3. The van der Waals surface area contributed by atoms with Crippen molar-refractivity contribution in [3.05, 3.63) is 93.2 Å². The zero-order valence-corrected chi connectivity index (χ0v) is 26.1. The van der Waals surface area contributed by atoms with E-state index in [0.717, 1.165) is 38.9 Å². The van der Waals surface area contributed by atoms with E-state index in [0.29, 0.717) is 17.1 Å². The highest BCUT2D eigenvalue weighted by molar-refractivity contribution is 8.18. The number of likely N-dealkylation sites (N-methyl/N-ethyl adjacent to an activating group) is 1. The molecule has 0 spiro atoms. The van der Waals surface area contributed by atoms with Gasteiger partial charge in [-0.2, -0.15) is 0 Å². The average molecular weight is 634 g/mol. The SMILES string of the molecule is Cc1ccc(CNC(=O)[C@H](CCc2ccc(/C=C3\SC(=O)N(C)C3=O)cc2)NC(=O)[C@@H](NC(=O)c2cc(C)on2)[C@@H](C)O)cc1. The first-order valence-corrected chi connectivity index (χ1v) is 15.1. The first-order valence-electron chi connectivity index (χ1n) is 14.3. The van der Waals surface area contributed by atoms with Crippen LogP contribution < -0.4 is 16.0 Å². The van der Waals surface area contributed by atoms with Gasteiger partial charge in [0.2, 0.25) is 11.8 Å². The maximum absolute atomic E-state index is 13.3. The number of aliphatic hydroxyl groups excluding tert-OH is 1. The van der Waals surface area contributed by atoms with Crippen LogP contribution in [0.3, 0.4) is 0 Å². The number of aromatic nitrogens is 1. The zero-order valence-electron chi connectivity index (χ0n) is 25.3. The lowest BCUT2D eigenvalue weighted by Crippen LogP contribution is -2.57. The quantitative estimate of drug-likeness (QED) is 0.219. The molecular weight excluding hydrogens is 598 g/mol. The summed E-state index contributed by atoms with van der Waals surface area (Å²) >= 11 is 0.877. The van der Waals surface area contributed by atoms with Gasteiger partial charge in [-0.15, -0.1) is 0 Å². The Morgan fingerprint density at radius 3 is 2.24 bits per heavy atom. The molecule has 1 saturated heterocycles. The predicted octanol–water partition coefficient (Wildman–Crippen LogP) is 2.87. The summed E-state index contributed by atoms with van der Waals surface area (Å²) in [5.41, 5.74) is 3.51. The largest absolute Gasteiger partial charge is 0.391 e. The number of benzene rings is 2. The number of carbonyl (C=O) groups is 5. The summed E-state index contributed by atoms with van der Waals surface area (Å²) in [5, 5.41) is 21.6. The third-order valence-electron chi connectivity index (χ3n) is 7.12. The molecule has 4 rings (SSSR count). The van der Waals surface area contributed by atoms with E-state index in [2.05, 4.69) is 21.1 Å². The number of hydrogen-bond donors (Lipinski definition) is 4. The summed E-state index contributed by atoms with van der Waals surface area (Å²) in [6.45, 7) is 5.17. The Kier molecular flexibility index (Phi) is 10.9. The van der Waals surface area contributed by atoms with Gasteiger partial charge >= 0.3 is 0 Å². The van der Waals surface area contributed by atoms with E-state index in [4.69, 9.17) is 4.52 Å². The lowest BCUT2D eigenvalue weighted by Gasteiger charge is -2.24. The monoisotopic (exact) mass is 633 g/mol. The number of nitrogens with one attached hydrogen (secondary N) is 3. The Labute approximate surface area is 264 Å². The van der Waals surface area contributed by atoms with Gasteiger partial charge in [0.15, 0.2) is 5.69 Å². The molecule has 0 radical (unpaired) electrons. The van der Waals surface area contributed by atoms with Crippen LogP contribution in [0.5, 0.6) is 0 Å². The van der Waals surface area contributed by atoms with Crippen LogP contribution in [0.15, 0.2) is 64.0 Å². The fourth-order valence-electron chi connectivity index (χ4n) is 4.43. The molecule has 1 aliphatic heterocycles. The molecule has 12 nitrogen and oxygen atoms in total. The molecule has 236 valence electrons. The molecule has 0 saturated carbocycles. The highest BCUT2D eigenvalue weighted by atomic mass is 32.2. The van der Waals surface area contributed by atoms with Gasteiger partial charge in [0, 0.05) is 19.7 Å². The number of hydrogen-bond acceptors (Lipinski definition) is 9. The number of amides is 5. The van der Waals surface area contributed by atoms with E-state index in [1.165, 1.54) is 20.0 Å². The van der Waals surface area contributed by atoms with Crippen LogP contribution in [0, 0.1) is 13.8 Å². The fourth-order valence-corrected chi connectivity index (χ4v) is 5.26. The number of aryl methyl sites for hydroxylation is 3. The summed E-state index contributed by atoms with van der Waals surface area (Å²) in [7, 11) is 1.43. The van der Waals surface area contributed by atoms with Gasteiger partial charge < -0.3 is 25.6 Å². The fraction of sp³-hybridized carbons (Fsp3) is 0.312. The van der Waals surface area contributed by atoms with E-state index in [1.54, 1.807) is 25.1 Å². The average Bonchev–Trinajstić information content (AvgIpc) is 3.56. The molecule has 0 bridgehead atoms. The van der Waals surface area contributed by atoms with E-state index in [9.17, 15) is 29.1 Å². The molecule has 2 aromatic carbocycles. The number of thioether (sulfide) groups is 1. The molecule has 2 heterocycles. The van der Waals surface area contributed by atoms with Gasteiger partial charge in [0.1, 0.15) is 17.8 Å². The molecule has 45 heavy (non-hydrogen) atoms. The van der Waals surface area contributed by atoms with Crippen molar-refractivity contribution in [1.82, 2.24) is 26.0 Å². The first-order chi connectivity index (χ1) is 21.4. The number of rotatable bonds is 12. The molecule has 1 fully saturated rings. The molecule has 0 unspecified atom stereocenters. The van der Waals surface area contributed by atoms with Crippen molar-refractivity contribution in [2.75, 3.05) is 7.05 Å². The molecule has 1 aromatic heterocycles. The van der Waals surface area contributed by atoms with Crippen LogP contribution in [0.1, 0.15) is 51.8 Å². The van der Waals surface area contributed by atoms with Gasteiger partial charge in [-0.25, -0.2) is 0 Å². The van der Waals surface area contributed by atoms with Crippen molar-refractivity contribution in [3.63, 3.8) is 0 Å². The third-order valence-corrected chi connectivity index (χ3v) is 8.08. The molecular formula is C32H35N5O7S. The Bertz CT molecular complexity index is 1600. The molecule has 0 aliphatic carbocycles. The van der Waals surface area contributed by atoms with E-state index in [-0.39, 0.29) is 29.8 Å². The van der Waals surface area contributed by atoms with Gasteiger partial charge in [-0.05, 0) is 68.1 Å². The smallest absolute Gasteiger partial charge is 0.293 e. The van der Waals surface area contributed by atoms with Crippen molar-refractivity contribution in [1.29, 1.82) is 0 Å². The van der Waals surface area contributed by atoms with Crippen molar-refractivity contribution >= 4 is 46.7 Å². The van der Waals surface area contributed by atoms with Crippen LogP contribution in [-0.2, 0) is 27.3 Å². The minimum absolute atomic E-state index is 0.0491. The second kappa shape index (κ2) is 14.8. The Balaban J connectivity index is 1.45. The minimum atomic E-state index is -1.36. The maximum Gasteiger partial charge on any atom is 0.293 e. The molecule has 1 aliphatic rings. The molecule has 3 aromatic rings. The lowest BCUT2D eigenvalue weighted by atomic mass is 10.0. The normalized spacial score (nSPS) is 15.9. The summed E-state index contributed by atoms with van der Waals surface area (Å²) in [6, 6.07) is 14.0. The highest BCUT2D eigenvalue weighted by Gasteiger charge is 2.32. The second-order valence-corrected chi connectivity index (χ2v) is 11.8. The number of aliphatic hydroxyl groups is 1. The van der Waals surface area contributed by atoms with Gasteiger partial charge in [-0.1, -0.05) is 59.3 Å². The summed E-state index contributed by atoms with van der Waals surface area (Å²) < 4.78 is 4.92. The van der Waals surface area contributed by atoms with E-state index in [1.807, 2.05) is 43.3 Å². The van der Waals surface area contributed by atoms with Crippen LogP contribution in [0.25, 0.3) is 6.08 Å². The van der Waals surface area contributed by atoms with Crippen LogP contribution in [-0.4, -0.2) is 69.3 Å². The summed E-state index contributed by atoms with van der Waals surface area (Å²) in [5.74, 6) is -1.83. The first kappa shape index (κ1) is 33.1. The Morgan fingerprint density at radius 2 is 1.67 bits per heavy atom. The standard InChI is InChI=1S/C32H35N5O7S/c1-18-5-7-23(8-6-18)17-33-28(39)24(34-30(41)27(20(3)38)35-29(40)25-15-19(2)44-36-25)14-13-21-9-11-22(12-10-21)16-26-31(42)37(4)32(43)45-26/h5-12,15-16,20,24,27,38H,13-14,17H2,1-4H3,(H,33,39)(H,34,41)(H,35,40)/b26-16-/t20-,24+,27+/m1/s1. The van der Waals surface area contributed by atoms with Crippen molar-refractivity contribution < 1.29 is 33.6 Å². The summed E-state index contributed by atoms with van der Waals surface area (Å²) in [4.78, 5) is 64.6. The van der Waals surface area contributed by atoms with Gasteiger partial charge in [0.05, 0.1) is 11.0 Å².